The molecule has 0 unspecified atom stereocenters. The molecule has 0 aliphatic carbocycles. The molecule has 0 atom stereocenters. The molecule has 0 spiro atoms. The van der Waals surface area contributed by atoms with Crippen LogP contribution in [-0.4, -0.2) is 84.3 Å². The van der Waals surface area contributed by atoms with E-state index in [0.29, 0.717) is 66.1 Å². The van der Waals surface area contributed by atoms with Crippen LogP contribution in [0.2, 0.25) is 10.0 Å². The Morgan fingerprint density at radius 3 is 2.36 bits per heavy atom. The quantitative estimate of drug-likeness (QED) is 0.297. The molecule has 45 heavy (non-hydrogen) atoms. The van der Waals surface area contributed by atoms with E-state index >= 15 is 0 Å². The van der Waals surface area contributed by atoms with Crippen LogP contribution in [0.25, 0.3) is 11.3 Å². The maximum atomic E-state index is 11.7. The van der Waals surface area contributed by atoms with Gasteiger partial charge in [0.2, 0.25) is 11.8 Å². The fourth-order valence-electron chi connectivity index (χ4n) is 5.53. The lowest BCUT2D eigenvalue weighted by atomic mass is 9.96. The summed E-state index contributed by atoms with van der Waals surface area (Å²) in [6.45, 7) is 9.74. The highest BCUT2D eigenvalue weighted by molar-refractivity contribution is 6.35. The topological polar surface area (TPSA) is 112 Å². The van der Waals surface area contributed by atoms with E-state index in [1.165, 1.54) is 0 Å². The second kappa shape index (κ2) is 15.6. The van der Waals surface area contributed by atoms with E-state index in [4.69, 9.17) is 37.7 Å². The number of carbonyl (C=O) groups excluding carboxylic acids is 2. The number of aromatic nitrogens is 2. The van der Waals surface area contributed by atoms with Crippen molar-refractivity contribution in [3.8, 4) is 22.9 Å². The number of benzene rings is 1. The average Bonchev–Trinajstić information content (AvgIpc) is 3.01. The summed E-state index contributed by atoms with van der Waals surface area (Å²) in [6.07, 6.45) is 3.32. The minimum Gasteiger partial charge on any atom is -0.449 e. The summed E-state index contributed by atoms with van der Waals surface area (Å²) in [4.78, 5) is 37.0. The Hall–Kier alpha value is -3.64. The molecule has 2 N–H and O–H groups in total. The second-order valence-electron chi connectivity index (χ2n) is 11.3. The molecule has 0 saturated carbocycles. The number of rotatable bonds is 10. The summed E-state index contributed by atoms with van der Waals surface area (Å²) in [5, 5.41) is 5.86. The number of nitrogens with zero attached hydrogens (tertiary/aromatic N) is 5. The van der Waals surface area contributed by atoms with Crippen molar-refractivity contribution in [3.63, 3.8) is 0 Å². The van der Waals surface area contributed by atoms with E-state index < -0.39 is 6.09 Å². The number of ether oxygens (including phenoxy) is 2. The molecule has 1 aromatic carbocycles. The van der Waals surface area contributed by atoms with Gasteiger partial charge < -0.3 is 19.7 Å². The van der Waals surface area contributed by atoms with Crippen molar-refractivity contribution in [2.24, 2.45) is 5.92 Å². The fraction of sp³-hybridized carbons (Fsp3) is 0.438. The molecule has 13 heteroatoms. The van der Waals surface area contributed by atoms with Gasteiger partial charge >= 0.3 is 6.09 Å². The van der Waals surface area contributed by atoms with Gasteiger partial charge in [-0.2, -0.15) is 0 Å². The Morgan fingerprint density at radius 2 is 1.71 bits per heavy atom. The van der Waals surface area contributed by atoms with Gasteiger partial charge in [-0.05, 0) is 80.7 Å². The van der Waals surface area contributed by atoms with E-state index in [-0.39, 0.29) is 5.91 Å². The number of halogens is 2. The smallest absolute Gasteiger partial charge is 0.421 e. The third-order valence-corrected chi connectivity index (χ3v) is 8.28. The minimum atomic E-state index is -0.437. The second-order valence-corrected chi connectivity index (χ2v) is 12.1. The van der Waals surface area contributed by atoms with Gasteiger partial charge in [0.15, 0.2) is 0 Å². The number of hydrogen-bond donors (Lipinski definition) is 2. The Morgan fingerprint density at radius 1 is 0.978 bits per heavy atom. The SMILES string of the molecule is CCOC(=O)NN1CCN(c2ccc(Oc3cc(CN4CCC(CNC(C)=O)CC4)cc(-c4cc(Cl)cc(Cl)c4)n3)cn2)CC1. The lowest BCUT2D eigenvalue weighted by Gasteiger charge is -2.35. The Labute approximate surface area is 273 Å². The number of amides is 2. The van der Waals surface area contributed by atoms with Crippen molar-refractivity contribution < 1.29 is 19.1 Å². The standard InChI is InChI=1S/C32H39Cl2N7O4/c1-3-44-32(43)38-41-12-10-40(11-13-41)30-5-4-28(20-36-30)45-31-15-24(14-29(37-31)25-16-26(33)18-27(34)17-25)21-39-8-6-23(7-9-39)19-35-22(2)42/h4-5,14-18,20,23H,3,6-13,19,21H2,1-2H3,(H,35,42)(H,38,43). The molecule has 0 bridgehead atoms. The molecule has 2 fully saturated rings. The van der Waals surface area contributed by atoms with Gasteiger partial charge in [0.1, 0.15) is 11.6 Å². The van der Waals surface area contributed by atoms with Gasteiger partial charge in [0.05, 0.1) is 18.5 Å². The summed E-state index contributed by atoms with van der Waals surface area (Å²) < 4.78 is 11.2. The van der Waals surface area contributed by atoms with Crippen LogP contribution in [-0.2, 0) is 16.1 Å². The van der Waals surface area contributed by atoms with Crippen molar-refractivity contribution >= 4 is 41.0 Å². The van der Waals surface area contributed by atoms with E-state index in [2.05, 4.69) is 31.6 Å². The molecule has 11 nitrogen and oxygen atoms in total. The number of hydrazine groups is 1. The predicted molar refractivity (Wildman–Crippen MR) is 175 cm³/mol. The summed E-state index contributed by atoms with van der Waals surface area (Å²) >= 11 is 12.7. The minimum absolute atomic E-state index is 0.0171. The lowest BCUT2D eigenvalue weighted by Crippen LogP contribution is -2.53. The highest BCUT2D eigenvalue weighted by atomic mass is 35.5. The van der Waals surface area contributed by atoms with Crippen LogP contribution < -0.4 is 20.4 Å². The monoisotopic (exact) mass is 655 g/mol. The fourth-order valence-corrected chi connectivity index (χ4v) is 6.05. The zero-order chi connectivity index (χ0) is 31.8. The molecule has 0 radical (unpaired) electrons. The summed E-state index contributed by atoms with van der Waals surface area (Å²) in [5.74, 6) is 2.36. The van der Waals surface area contributed by atoms with Gasteiger partial charge in [-0.1, -0.05) is 23.2 Å². The molecule has 2 aliphatic rings. The van der Waals surface area contributed by atoms with Gasteiger partial charge in [0, 0.05) is 67.9 Å². The normalized spacial score (nSPS) is 16.3. The third kappa shape index (κ3) is 9.67. The molecule has 240 valence electrons. The lowest BCUT2D eigenvalue weighted by molar-refractivity contribution is -0.119. The van der Waals surface area contributed by atoms with Crippen LogP contribution in [0, 0.1) is 5.92 Å². The highest BCUT2D eigenvalue weighted by Crippen LogP contribution is 2.31. The van der Waals surface area contributed by atoms with E-state index in [1.54, 1.807) is 26.1 Å². The van der Waals surface area contributed by atoms with Crippen molar-refractivity contribution in [3.05, 3.63) is 64.3 Å². The summed E-state index contributed by atoms with van der Waals surface area (Å²) in [5.41, 5.74) is 5.34. The number of piperidine rings is 1. The first-order valence-electron chi connectivity index (χ1n) is 15.3. The van der Waals surface area contributed by atoms with Crippen LogP contribution >= 0.6 is 23.2 Å². The van der Waals surface area contributed by atoms with Crippen LogP contribution in [0.4, 0.5) is 10.6 Å². The molecule has 2 aromatic heterocycles. The molecular weight excluding hydrogens is 617 g/mol. The first-order valence-corrected chi connectivity index (χ1v) is 16.0. The number of piperazine rings is 1. The van der Waals surface area contributed by atoms with Gasteiger partial charge in [-0.3, -0.25) is 15.1 Å². The van der Waals surface area contributed by atoms with Crippen molar-refractivity contribution in [2.45, 2.75) is 33.2 Å². The van der Waals surface area contributed by atoms with E-state index in [0.717, 1.165) is 56.0 Å². The molecule has 2 aliphatic heterocycles. The zero-order valence-electron chi connectivity index (χ0n) is 25.6. The Bertz CT molecular complexity index is 1440. The molecule has 4 heterocycles. The third-order valence-electron chi connectivity index (χ3n) is 7.84. The number of hydrogen-bond acceptors (Lipinski definition) is 9. The average molecular weight is 657 g/mol. The van der Waals surface area contributed by atoms with Crippen LogP contribution in [0.3, 0.4) is 0 Å². The maximum absolute atomic E-state index is 11.7. The summed E-state index contributed by atoms with van der Waals surface area (Å²) in [7, 11) is 0. The van der Waals surface area contributed by atoms with Crippen LogP contribution in [0.5, 0.6) is 11.6 Å². The van der Waals surface area contributed by atoms with Crippen molar-refractivity contribution in [2.75, 3.05) is 57.3 Å². The molecular formula is C32H39Cl2N7O4. The molecule has 3 aromatic rings. The number of carbonyl (C=O) groups is 2. The van der Waals surface area contributed by atoms with Gasteiger partial charge in [-0.25, -0.2) is 19.8 Å². The Kier molecular flexibility index (Phi) is 11.3. The van der Waals surface area contributed by atoms with E-state index in [1.807, 2.05) is 35.3 Å². The summed E-state index contributed by atoms with van der Waals surface area (Å²) in [6, 6.07) is 13.2. The van der Waals surface area contributed by atoms with Crippen molar-refractivity contribution in [1.29, 1.82) is 0 Å². The largest absolute Gasteiger partial charge is 0.449 e. The number of anilines is 1. The van der Waals surface area contributed by atoms with Crippen LogP contribution in [0.15, 0.2) is 48.7 Å². The molecule has 5 rings (SSSR count). The molecule has 2 amide bonds. The number of likely N-dealkylation sites (tertiary alicyclic amines) is 1. The van der Waals surface area contributed by atoms with Gasteiger partial charge in [0.25, 0.3) is 0 Å². The Balaban J connectivity index is 1.26. The predicted octanol–water partition coefficient (Wildman–Crippen LogP) is 5.37. The highest BCUT2D eigenvalue weighted by Gasteiger charge is 2.22. The molecule has 2 saturated heterocycles. The van der Waals surface area contributed by atoms with Gasteiger partial charge in [-0.15, -0.1) is 0 Å². The zero-order valence-corrected chi connectivity index (χ0v) is 27.1. The number of pyridine rings is 2. The maximum Gasteiger partial charge on any atom is 0.421 e. The van der Waals surface area contributed by atoms with Crippen LogP contribution in [0.1, 0.15) is 32.3 Å². The van der Waals surface area contributed by atoms with E-state index in [9.17, 15) is 9.59 Å². The number of nitrogens with one attached hydrogen (secondary N) is 2. The van der Waals surface area contributed by atoms with Crippen molar-refractivity contribution in [1.82, 2.24) is 30.6 Å². The first-order chi connectivity index (χ1) is 21.7. The first kappa shape index (κ1) is 32.7.